The van der Waals surface area contributed by atoms with Crippen LogP contribution in [0.4, 0.5) is 5.69 Å². The highest BCUT2D eigenvalue weighted by Crippen LogP contribution is 2.31. The van der Waals surface area contributed by atoms with E-state index < -0.39 is 0 Å². The van der Waals surface area contributed by atoms with E-state index in [0.29, 0.717) is 0 Å². The molecule has 0 atom stereocenters. The van der Waals surface area contributed by atoms with E-state index in [9.17, 15) is 5.11 Å². The molecule has 0 radical (unpaired) electrons. The molecular formula is C25H21N5O. The second-order valence-corrected chi connectivity index (χ2v) is 7.96. The van der Waals surface area contributed by atoms with E-state index in [1.165, 1.54) is 5.56 Å². The first-order valence-corrected chi connectivity index (χ1v) is 10.5. The molecule has 6 nitrogen and oxygen atoms in total. The van der Waals surface area contributed by atoms with Gasteiger partial charge >= 0.3 is 0 Å². The Kier molecular flexibility index (Phi) is 4.09. The van der Waals surface area contributed by atoms with Crippen LogP contribution in [0, 0.1) is 0 Å². The zero-order chi connectivity index (χ0) is 20.8. The second kappa shape index (κ2) is 7.09. The maximum atomic E-state index is 9.76. The Morgan fingerprint density at radius 1 is 0.903 bits per heavy atom. The van der Waals surface area contributed by atoms with Gasteiger partial charge in [0.05, 0.1) is 22.4 Å². The van der Waals surface area contributed by atoms with Gasteiger partial charge in [-0.1, -0.05) is 18.2 Å². The number of nitrogens with zero attached hydrogens (tertiary/aromatic N) is 3. The lowest BCUT2D eigenvalue weighted by molar-refractivity contribution is 0.475. The molecule has 2 aliphatic rings. The molecule has 0 saturated heterocycles. The average molecular weight is 407 g/mol. The van der Waals surface area contributed by atoms with E-state index in [4.69, 9.17) is 4.99 Å². The predicted molar refractivity (Wildman–Crippen MR) is 124 cm³/mol. The number of aromatic nitrogens is 2. The third-order valence-electron chi connectivity index (χ3n) is 5.80. The molecule has 3 aromatic carbocycles. The topological polar surface area (TPSA) is 85.7 Å². The Morgan fingerprint density at radius 2 is 1.84 bits per heavy atom. The summed E-state index contributed by atoms with van der Waals surface area (Å²) in [5, 5.41) is 13.2. The van der Waals surface area contributed by atoms with E-state index in [0.717, 1.165) is 76.7 Å². The van der Waals surface area contributed by atoms with Gasteiger partial charge < -0.3 is 15.4 Å². The quantitative estimate of drug-likeness (QED) is 0.472. The molecule has 0 bridgehead atoms. The van der Waals surface area contributed by atoms with E-state index in [-0.39, 0.29) is 5.75 Å². The maximum absolute atomic E-state index is 9.76. The Hall–Kier alpha value is -3.93. The van der Waals surface area contributed by atoms with Crippen molar-refractivity contribution >= 4 is 28.3 Å². The summed E-state index contributed by atoms with van der Waals surface area (Å²) >= 11 is 0. The summed E-state index contributed by atoms with van der Waals surface area (Å²) in [6.45, 7) is 1.86. The van der Waals surface area contributed by atoms with Crippen molar-refractivity contribution in [2.75, 3.05) is 13.1 Å². The molecule has 0 amide bonds. The molecule has 6 heteroatoms. The highest BCUT2D eigenvalue weighted by molar-refractivity contribution is 6.09. The monoisotopic (exact) mass is 407 g/mol. The normalized spacial score (nSPS) is 15.4. The lowest BCUT2D eigenvalue weighted by atomic mass is 10.0. The number of rotatable bonds is 3. The first kappa shape index (κ1) is 17.9. The van der Waals surface area contributed by atoms with Crippen LogP contribution in [0.5, 0.6) is 5.75 Å². The van der Waals surface area contributed by atoms with Crippen molar-refractivity contribution in [3.63, 3.8) is 0 Å². The molecule has 4 aromatic rings. The summed E-state index contributed by atoms with van der Waals surface area (Å²) in [6.07, 6.45) is 1.89. The van der Waals surface area contributed by atoms with Crippen molar-refractivity contribution in [3.8, 4) is 17.1 Å². The molecule has 31 heavy (non-hydrogen) atoms. The van der Waals surface area contributed by atoms with Crippen LogP contribution in [0.3, 0.4) is 0 Å². The Bertz CT molecular complexity index is 1380. The number of imidazole rings is 1. The number of hydrogen-bond acceptors (Lipinski definition) is 5. The lowest BCUT2D eigenvalue weighted by Gasteiger charge is -2.15. The summed E-state index contributed by atoms with van der Waals surface area (Å²) in [5.74, 6) is 1.96. The van der Waals surface area contributed by atoms with Crippen molar-refractivity contribution in [1.29, 1.82) is 0 Å². The van der Waals surface area contributed by atoms with Crippen LogP contribution in [-0.2, 0) is 6.42 Å². The van der Waals surface area contributed by atoms with Crippen molar-refractivity contribution in [1.82, 2.24) is 15.3 Å². The fraction of sp³-hybridized carbons (Fsp3) is 0.160. The number of H-pyrrole nitrogens is 1. The van der Waals surface area contributed by atoms with Crippen LogP contribution in [0.2, 0.25) is 0 Å². The molecule has 0 aliphatic carbocycles. The van der Waals surface area contributed by atoms with Crippen LogP contribution < -0.4 is 5.32 Å². The third kappa shape index (κ3) is 3.26. The molecule has 1 aromatic heterocycles. The van der Waals surface area contributed by atoms with Gasteiger partial charge in [-0.2, -0.15) is 0 Å². The van der Waals surface area contributed by atoms with Crippen LogP contribution in [0.15, 0.2) is 70.6 Å². The fourth-order valence-electron chi connectivity index (χ4n) is 4.22. The number of nitrogens with one attached hydrogen (secondary N) is 2. The smallest absolute Gasteiger partial charge is 0.138 e. The molecule has 0 saturated carbocycles. The van der Waals surface area contributed by atoms with Crippen molar-refractivity contribution < 1.29 is 5.11 Å². The first-order chi connectivity index (χ1) is 15.2. The highest BCUT2D eigenvalue weighted by Gasteiger charge is 2.19. The van der Waals surface area contributed by atoms with Gasteiger partial charge in [-0.25, -0.2) is 4.98 Å². The Morgan fingerprint density at radius 3 is 2.71 bits per heavy atom. The Balaban J connectivity index is 1.30. The first-order valence-electron chi connectivity index (χ1n) is 10.5. The molecule has 0 fully saturated rings. The minimum atomic E-state index is 0.227. The van der Waals surface area contributed by atoms with Crippen LogP contribution in [0.25, 0.3) is 22.4 Å². The Labute approximate surface area is 179 Å². The number of benzene rings is 3. The number of phenols is 1. The van der Waals surface area contributed by atoms with Gasteiger partial charge in [0, 0.05) is 30.6 Å². The summed E-state index contributed by atoms with van der Waals surface area (Å²) < 4.78 is 0. The molecule has 152 valence electrons. The number of aliphatic imine (C=N–C) groups is 2. The highest BCUT2D eigenvalue weighted by atomic mass is 16.3. The van der Waals surface area contributed by atoms with Crippen LogP contribution in [-0.4, -0.2) is 39.7 Å². The van der Waals surface area contributed by atoms with Gasteiger partial charge in [0.15, 0.2) is 0 Å². The second-order valence-electron chi connectivity index (χ2n) is 7.96. The zero-order valence-electron chi connectivity index (χ0n) is 16.9. The average Bonchev–Trinajstić information content (AvgIpc) is 3.43. The largest absolute Gasteiger partial charge is 0.508 e. The van der Waals surface area contributed by atoms with E-state index in [1.807, 2.05) is 18.2 Å². The molecule has 6 rings (SSSR count). The van der Waals surface area contributed by atoms with Crippen molar-refractivity contribution in [2.24, 2.45) is 9.98 Å². The number of amidine groups is 1. The van der Waals surface area contributed by atoms with Gasteiger partial charge in [-0.3, -0.25) is 9.98 Å². The van der Waals surface area contributed by atoms with Crippen LogP contribution in [0.1, 0.15) is 23.1 Å². The van der Waals surface area contributed by atoms with E-state index in [2.05, 4.69) is 50.6 Å². The minimum Gasteiger partial charge on any atom is -0.508 e. The number of hydrogen-bond donors (Lipinski definition) is 3. The van der Waals surface area contributed by atoms with Gasteiger partial charge in [0.1, 0.15) is 17.4 Å². The lowest BCUT2D eigenvalue weighted by Crippen LogP contribution is -2.30. The SMILES string of the molecule is Oc1cccc(-c2nc3ccc(C4=Nc5ccc(C6=NCCCN6)cc5C4)cc3[nH]2)c1. The fourth-order valence-corrected chi connectivity index (χ4v) is 4.22. The summed E-state index contributed by atoms with van der Waals surface area (Å²) in [7, 11) is 0. The van der Waals surface area contributed by atoms with Gasteiger partial charge in [0.25, 0.3) is 0 Å². The number of aromatic amines is 1. The molecular weight excluding hydrogens is 386 g/mol. The summed E-state index contributed by atoms with van der Waals surface area (Å²) in [4.78, 5) is 17.5. The molecule has 3 heterocycles. The zero-order valence-corrected chi connectivity index (χ0v) is 16.9. The summed E-state index contributed by atoms with van der Waals surface area (Å²) in [5.41, 5.74) is 8.24. The number of aromatic hydroxyl groups is 1. The van der Waals surface area contributed by atoms with Crippen molar-refractivity contribution in [2.45, 2.75) is 12.8 Å². The molecule has 2 aliphatic heterocycles. The van der Waals surface area contributed by atoms with Crippen LogP contribution >= 0.6 is 0 Å². The standard InChI is InChI=1S/C25H21N5O/c31-19-4-1-3-16(12-19)25-29-21-8-5-15(13-23(21)30-25)22-14-18-11-17(6-7-20(18)28-22)24-26-9-2-10-27-24/h1,3-8,11-13,31H,2,9-10,14H2,(H,26,27)(H,29,30). The molecule has 0 spiro atoms. The van der Waals surface area contributed by atoms with Gasteiger partial charge in [0.2, 0.25) is 0 Å². The van der Waals surface area contributed by atoms with Gasteiger partial charge in [-0.15, -0.1) is 0 Å². The van der Waals surface area contributed by atoms with Gasteiger partial charge in [-0.05, 0) is 60.0 Å². The summed E-state index contributed by atoms with van der Waals surface area (Å²) in [6, 6.07) is 19.7. The van der Waals surface area contributed by atoms with E-state index in [1.54, 1.807) is 12.1 Å². The number of phenolic OH excluding ortho intramolecular Hbond substituents is 1. The third-order valence-corrected chi connectivity index (χ3v) is 5.80. The minimum absolute atomic E-state index is 0.227. The predicted octanol–water partition coefficient (Wildman–Crippen LogP) is 4.35. The maximum Gasteiger partial charge on any atom is 0.138 e. The molecule has 0 unspecified atom stereocenters. The molecule has 3 N–H and O–H groups in total. The van der Waals surface area contributed by atoms with Crippen molar-refractivity contribution in [3.05, 3.63) is 77.4 Å². The number of fused-ring (bicyclic) bond motifs is 2. The van der Waals surface area contributed by atoms with E-state index >= 15 is 0 Å².